The second kappa shape index (κ2) is 6.77. The Morgan fingerprint density at radius 1 is 1.27 bits per heavy atom. The average Bonchev–Trinajstić information content (AvgIpc) is 2.88. The van der Waals surface area contributed by atoms with E-state index in [0.717, 1.165) is 5.92 Å². The van der Waals surface area contributed by atoms with Gasteiger partial charge in [0, 0.05) is 0 Å². The topological polar surface area (TPSA) is 15.3 Å². The van der Waals surface area contributed by atoms with Gasteiger partial charge in [-0.15, -0.1) is 0 Å². The number of rotatable bonds is 6. The summed E-state index contributed by atoms with van der Waals surface area (Å²) in [5, 5.41) is 3.61. The van der Waals surface area contributed by atoms with Gasteiger partial charge >= 0.3 is 0 Å². The lowest BCUT2D eigenvalue weighted by Crippen LogP contribution is -2.27. The zero-order valence-corrected chi connectivity index (χ0v) is 10.5. The van der Waals surface area contributed by atoms with Crippen LogP contribution < -0.4 is 5.32 Å². The van der Waals surface area contributed by atoms with Crippen LogP contribution in [0.3, 0.4) is 0 Å². The zero-order chi connectivity index (χ0) is 10.3. The first kappa shape index (κ1) is 11.7. The van der Waals surface area contributed by atoms with Gasteiger partial charge in [-0.05, 0) is 75.8 Å². The van der Waals surface area contributed by atoms with Crippen LogP contribution in [-0.4, -0.2) is 49.1 Å². The van der Waals surface area contributed by atoms with Crippen molar-refractivity contribution in [1.82, 2.24) is 10.2 Å². The molecule has 0 aromatic heterocycles. The highest BCUT2D eigenvalue weighted by Gasteiger charge is 2.14. The maximum absolute atomic E-state index is 3.61. The van der Waals surface area contributed by atoms with Crippen molar-refractivity contribution < 1.29 is 0 Å². The van der Waals surface area contributed by atoms with Crippen molar-refractivity contribution in [2.24, 2.45) is 5.92 Å². The Kier molecular flexibility index (Phi) is 5.30. The van der Waals surface area contributed by atoms with Crippen molar-refractivity contribution >= 4 is 11.8 Å². The first-order chi connectivity index (χ1) is 7.45. The Morgan fingerprint density at radius 3 is 2.87 bits per heavy atom. The van der Waals surface area contributed by atoms with E-state index in [9.17, 15) is 0 Å². The predicted octanol–water partition coefficient (Wildman–Crippen LogP) is 1.82. The van der Waals surface area contributed by atoms with E-state index in [-0.39, 0.29) is 0 Å². The summed E-state index contributed by atoms with van der Waals surface area (Å²) in [5.74, 6) is 3.74. The normalized spacial score (nSPS) is 27.6. The van der Waals surface area contributed by atoms with Gasteiger partial charge in [0.05, 0.1) is 0 Å². The Morgan fingerprint density at radius 2 is 2.13 bits per heavy atom. The van der Waals surface area contributed by atoms with E-state index in [1.54, 1.807) is 0 Å². The van der Waals surface area contributed by atoms with Crippen molar-refractivity contribution in [2.45, 2.75) is 25.7 Å². The molecule has 0 aromatic carbocycles. The largest absolute Gasteiger partial charge is 0.316 e. The van der Waals surface area contributed by atoms with Crippen LogP contribution >= 0.6 is 11.8 Å². The summed E-state index contributed by atoms with van der Waals surface area (Å²) < 4.78 is 0. The van der Waals surface area contributed by atoms with Gasteiger partial charge in [0.25, 0.3) is 0 Å². The van der Waals surface area contributed by atoms with Gasteiger partial charge in [0.15, 0.2) is 0 Å². The first-order valence-electron chi connectivity index (χ1n) is 6.46. The molecule has 2 saturated heterocycles. The summed E-state index contributed by atoms with van der Waals surface area (Å²) in [5.41, 5.74) is 0. The Balaban J connectivity index is 1.41. The molecule has 15 heavy (non-hydrogen) atoms. The van der Waals surface area contributed by atoms with E-state index in [4.69, 9.17) is 0 Å². The molecule has 2 heterocycles. The van der Waals surface area contributed by atoms with Crippen molar-refractivity contribution in [1.29, 1.82) is 0 Å². The molecule has 0 aromatic rings. The lowest BCUT2D eigenvalue weighted by Gasteiger charge is -2.15. The van der Waals surface area contributed by atoms with Crippen LogP contribution in [0.4, 0.5) is 0 Å². The van der Waals surface area contributed by atoms with Crippen LogP contribution in [0.25, 0.3) is 0 Å². The second-order valence-corrected chi connectivity index (χ2v) is 5.99. The third-order valence-corrected chi connectivity index (χ3v) is 4.72. The lowest BCUT2D eigenvalue weighted by atomic mass is 10.1. The average molecular weight is 228 g/mol. The summed E-state index contributed by atoms with van der Waals surface area (Å²) in [6.07, 6.45) is 5.61. The Hall–Kier alpha value is 0.270. The van der Waals surface area contributed by atoms with Crippen LogP contribution in [0.15, 0.2) is 0 Å². The summed E-state index contributed by atoms with van der Waals surface area (Å²) in [6, 6.07) is 0. The van der Waals surface area contributed by atoms with Crippen LogP contribution in [0.1, 0.15) is 25.7 Å². The fourth-order valence-corrected chi connectivity index (χ4v) is 3.77. The molecule has 0 spiro atoms. The molecule has 1 N–H and O–H groups in total. The third kappa shape index (κ3) is 4.33. The van der Waals surface area contributed by atoms with Gasteiger partial charge in [0.2, 0.25) is 0 Å². The van der Waals surface area contributed by atoms with Crippen molar-refractivity contribution in [3.8, 4) is 0 Å². The van der Waals surface area contributed by atoms with Crippen LogP contribution in [0.5, 0.6) is 0 Å². The minimum absolute atomic E-state index is 0.960. The molecule has 3 heteroatoms. The second-order valence-electron chi connectivity index (χ2n) is 4.84. The van der Waals surface area contributed by atoms with Gasteiger partial charge < -0.3 is 10.2 Å². The molecule has 0 radical (unpaired) electrons. The van der Waals surface area contributed by atoms with Crippen molar-refractivity contribution in [3.63, 3.8) is 0 Å². The van der Waals surface area contributed by atoms with E-state index in [0.29, 0.717) is 0 Å². The van der Waals surface area contributed by atoms with E-state index in [1.807, 2.05) is 0 Å². The summed E-state index contributed by atoms with van der Waals surface area (Å²) in [6.45, 7) is 6.48. The van der Waals surface area contributed by atoms with E-state index in [2.05, 4.69) is 22.0 Å². The van der Waals surface area contributed by atoms with Crippen LogP contribution in [0.2, 0.25) is 0 Å². The SMILES string of the molecule is C1CCN(CCCNCC2CCSC2)C1. The molecule has 0 amide bonds. The molecule has 0 aliphatic carbocycles. The highest BCUT2D eigenvalue weighted by atomic mass is 32.2. The molecule has 1 unspecified atom stereocenters. The number of nitrogens with zero attached hydrogens (tertiary/aromatic N) is 1. The molecule has 2 nitrogen and oxygen atoms in total. The molecule has 88 valence electrons. The first-order valence-corrected chi connectivity index (χ1v) is 7.61. The van der Waals surface area contributed by atoms with Gasteiger partial charge in [-0.3, -0.25) is 0 Å². The van der Waals surface area contributed by atoms with Crippen molar-refractivity contribution in [3.05, 3.63) is 0 Å². The fraction of sp³-hybridized carbons (Fsp3) is 1.00. The number of nitrogens with one attached hydrogen (secondary N) is 1. The highest BCUT2D eigenvalue weighted by molar-refractivity contribution is 7.99. The fourth-order valence-electron chi connectivity index (χ4n) is 2.48. The standard InChI is InChI=1S/C12H24N2S/c1-2-7-14(6-1)8-3-5-13-10-12-4-9-15-11-12/h12-13H,1-11H2. The van der Waals surface area contributed by atoms with Gasteiger partial charge in [-0.2, -0.15) is 11.8 Å². The minimum atomic E-state index is 0.960. The molecule has 2 fully saturated rings. The Labute approximate surface area is 98.2 Å². The Bertz CT molecular complexity index is 145. The molecular formula is C12H24N2S. The van der Waals surface area contributed by atoms with Gasteiger partial charge in [0.1, 0.15) is 0 Å². The molecule has 0 bridgehead atoms. The third-order valence-electron chi connectivity index (χ3n) is 3.48. The number of hydrogen-bond donors (Lipinski definition) is 1. The molecule has 2 aliphatic heterocycles. The van der Waals surface area contributed by atoms with Gasteiger partial charge in [-0.25, -0.2) is 0 Å². The maximum atomic E-state index is 3.61. The quantitative estimate of drug-likeness (QED) is 0.698. The smallest absolute Gasteiger partial charge is 0.000664 e. The summed E-state index contributed by atoms with van der Waals surface area (Å²) in [7, 11) is 0. The lowest BCUT2D eigenvalue weighted by molar-refractivity contribution is 0.329. The monoisotopic (exact) mass is 228 g/mol. The minimum Gasteiger partial charge on any atom is -0.316 e. The van der Waals surface area contributed by atoms with Crippen molar-refractivity contribution in [2.75, 3.05) is 44.2 Å². The van der Waals surface area contributed by atoms with Gasteiger partial charge in [-0.1, -0.05) is 0 Å². The zero-order valence-electron chi connectivity index (χ0n) is 9.71. The summed E-state index contributed by atoms with van der Waals surface area (Å²) >= 11 is 2.12. The highest BCUT2D eigenvalue weighted by Crippen LogP contribution is 2.22. The number of likely N-dealkylation sites (tertiary alicyclic amines) is 1. The molecule has 2 aliphatic rings. The molecule has 0 saturated carbocycles. The van der Waals surface area contributed by atoms with Crippen LogP contribution in [0, 0.1) is 5.92 Å². The van der Waals surface area contributed by atoms with E-state index >= 15 is 0 Å². The molecule has 1 atom stereocenters. The molecular weight excluding hydrogens is 204 g/mol. The molecule has 2 rings (SSSR count). The summed E-state index contributed by atoms with van der Waals surface area (Å²) in [4.78, 5) is 2.60. The number of hydrogen-bond acceptors (Lipinski definition) is 3. The predicted molar refractivity (Wildman–Crippen MR) is 68.6 cm³/mol. The van der Waals surface area contributed by atoms with Crippen LogP contribution in [-0.2, 0) is 0 Å². The van der Waals surface area contributed by atoms with E-state index in [1.165, 1.54) is 69.9 Å². The van der Waals surface area contributed by atoms with E-state index < -0.39 is 0 Å². The maximum Gasteiger partial charge on any atom is -0.000664 e. The number of thioether (sulfide) groups is 1.